The van der Waals surface area contributed by atoms with Gasteiger partial charge >= 0.3 is 5.69 Å². The normalized spacial score (nSPS) is 12.8. The van der Waals surface area contributed by atoms with E-state index in [1.807, 2.05) is 13.8 Å². The minimum atomic E-state index is -1.43. The Morgan fingerprint density at radius 2 is 1.90 bits per heavy atom. The summed E-state index contributed by atoms with van der Waals surface area (Å²) in [5, 5.41) is 5.29. The fourth-order valence-corrected chi connectivity index (χ4v) is 6.22. The Morgan fingerprint density at radius 1 is 1.17 bits per heavy atom. The van der Waals surface area contributed by atoms with E-state index in [0.717, 1.165) is 4.57 Å². The van der Waals surface area contributed by atoms with E-state index in [1.165, 1.54) is 48.3 Å². The summed E-state index contributed by atoms with van der Waals surface area (Å²) >= 11 is 1.23. The molecule has 0 aliphatic carbocycles. The molecular weight excluding hydrogens is 563 g/mol. The van der Waals surface area contributed by atoms with Crippen LogP contribution >= 0.6 is 11.3 Å². The van der Waals surface area contributed by atoms with Crippen LogP contribution in [0.5, 0.6) is 5.75 Å². The maximum absolute atomic E-state index is 14.5. The third-order valence-corrected chi connectivity index (χ3v) is 8.53. The van der Waals surface area contributed by atoms with Crippen LogP contribution in [-0.4, -0.2) is 52.1 Å². The minimum absolute atomic E-state index is 0.0340. The number of thiophene rings is 1. The predicted molar refractivity (Wildman–Crippen MR) is 160 cm³/mol. The molecule has 0 bridgehead atoms. The molecule has 42 heavy (non-hydrogen) atoms. The Labute approximate surface area is 247 Å². The molecule has 0 saturated carbocycles. The van der Waals surface area contributed by atoms with Crippen LogP contribution in [-0.2, 0) is 26.4 Å². The first-order chi connectivity index (χ1) is 19.9. The van der Waals surface area contributed by atoms with Crippen molar-refractivity contribution in [2.75, 3.05) is 27.4 Å². The Morgan fingerprint density at radius 3 is 2.52 bits per heavy atom. The highest BCUT2D eigenvalue weighted by atomic mass is 32.1. The lowest BCUT2D eigenvalue weighted by molar-refractivity contribution is -0.127. The van der Waals surface area contributed by atoms with Crippen LogP contribution in [0.1, 0.15) is 51.3 Å². The molecule has 1 aromatic carbocycles. The van der Waals surface area contributed by atoms with Crippen LogP contribution in [0.15, 0.2) is 46.2 Å². The number of rotatable bonds is 13. The van der Waals surface area contributed by atoms with Gasteiger partial charge in [-0.25, -0.2) is 18.4 Å². The van der Waals surface area contributed by atoms with Crippen molar-refractivity contribution in [3.8, 4) is 10.8 Å². The van der Waals surface area contributed by atoms with Gasteiger partial charge in [-0.1, -0.05) is 25.2 Å². The van der Waals surface area contributed by atoms with Gasteiger partial charge in [0.2, 0.25) is 0 Å². The van der Waals surface area contributed by atoms with Gasteiger partial charge in [0.25, 0.3) is 5.56 Å². The summed E-state index contributed by atoms with van der Waals surface area (Å²) < 4.78 is 35.4. The zero-order valence-electron chi connectivity index (χ0n) is 25.0. The van der Waals surface area contributed by atoms with Crippen molar-refractivity contribution in [3.05, 3.63) is 74.4 Å². The molecule has 0 radical (unpaired) electrons. The number of aryl methyl sites for hydroxylation is 1. The SMILES string of the molecule is COCCO[C@@H](Cn1c(=O)n(C(C)(C)C(=O)CC(C)C)c(=O)c2c(C)c(-n3cccn3)sc21)c1cc(F)ccc1OC. The summed E-state index contributed by atoms with van der Waals surface area (Å²) in [6, 6.07) is 5.84. The number of methoxy groups -OCH3 is 2. The molecule has 0 unspecified atom stereocenters. The second-order valence-corrected chi connectivity index (χ2v) is 12.0. The number of ether oxygens (including phenoxy) is 3. The van der Waals surface area contributed by atoms with E-state index in [4.69, 9.17) is 14.2 Å². The quantitative estimate of drug-likeness (QED) is 0.206. The van der Waals surface area contributed by atoms with Gasteiger partial charge < -0.3 is 14.2 Å². The standard InChI is InChI=1S/C30H37FN4O6S/c1-18(2)15-24(36)30(4,5)35-26(37)25-19(3)27(34-12-8-11-32-34)42-28(25)33(29(35)38)17-23(41-14-13-39-6)21-16-20(31)9-10-22(21)40-7/h8-12,16,18,23H,13-15,17H2,1-7H3/t23-/m0/s1. The first-order valence-electron chi connectivity index (χ1n) is 13.7. The van der Waals surface area contributed by atoms with Gasteiger partial charge in [0.1, 0.15) is 33.0 Å². The average molecular weight is 601 g/mol. The van der Waals surface area contributed by atoms with Crippen LogP contribution in [0.2, 0.25) is 0 Å². The molecule has 3 heterocycles. The van der Waals surface area contributed by atoms with Gasteiger partial charge in [0.05, 0.1) is 32.3 Å². The lowest BCUT2D eigenvalue weighted by Gasteiger charge is -2.28. The third kappa shape index (κ3) is 5.97. The van der Waals surface area contributed by atoms with Crippen molar-refractivity contribution in [2.45, 2.75) is 59.2 Å². The third-order valence-electron chi connectivity index (χ3n) is 7.23. The van der Waals surface area contributed by atoms with Gasteiger partial charge in [-0.15, -0.1) is 0 Å². The molecule has 0 saturated heterocycles. The number of carbonyl (C=O) groups excluding carboxylic acids is 1. The van der Waals surface area contributed by atoms with E-state index in [2.05, 4.69) is 5.10 Å². The summed E-state index contributed by atoms with van der Waals surface area (Å²) in [6.07, 6.45) is 2.71. The highest BCUT2D eigenvalue weighted by molar-refractivity contribution is 7.21. The molecule has 3 aromatic heterocycles. The first-order valence-corrected chi connectivity index (χ1v) is 14.5. The number of nitrogens with zero attached hydrogens (tertiary/aromatic N) is 4. The van der Waals surface area contributed by atoms with Crippen molar-refractivity contribution in [2.24, 2.45) is 5.92 Å². The van der Waals surface area contributed by atoms with E-state index >= 15 is 0 Å². The fraction of sp³-hybridized carbons (Fsp3) is 0.467. The highest BCUT2D eigenvalue weighted by Gasteiger charge is 2.36. The Hall–Kier alpha value is -3.61. The Kier molecular flexibility index (Phi) is 9.49. The molecule has 0 aliphatic rings. The molecule has 0 aliphatic heterocycles. The molecule has 0 amide bonds. The van der Waals surface area contributed by atoms with Gasteiger partial charge in [0.15, 0.2) is 5.78 Å². The number of ketones is 1. The molecule has 10 nitrogen and oxygen atoms in total. The predicted octanol–water partition coefficient (Wildman–Crippen LogP) is 4.62. The second-order valence-electron chi connectivity index (χ2n) is 11.0. The molecular formula is C30H37FN4O6S. The molecule has 226 valence electrons. The summed E-state index contributed by atoms with van der Waals surface area (Å²) in [5.74, 6) is -0.320. The molecule has 0 fully saturated rings. The highest BCUT2D eigenvalue weighted by Crippen LogP contribution is 2.34. The van der Waals surface area contributed by atoms with Crippen molar-refractivity contribution in [3.63, 3.8) is 0 Å². The number of hydrogen-bond donors (Lipinski definition) is 0. The van der Waals surface area contributed by atoms with Gasteiger partial charge in [0, 0.05) is 37.1 Å². The van der Waals surface area contributed by atoms with Crippen LogP contribution in [0.25, 0.3) is 15.2 Å². The topological polar surface area (TPSA) is 107 Å². The second kappa shape index (κ2) is 12.7. The number of halogens is 1. The lowest BCUT2D eigenvalue weighted by Crippen LogP contribution is -2.53. The van der Waals surface area contributed by atoms with Crippen molar-refractivity contribution >= 4 is 27.3 Å². The summed E-state index contributed by atoms with van der Waals surface area (Å²) in [4.78, 5) is 42.3. The summed E-state index contributed by atoms with van der Waals surface area (Å²) in [6.45, 7) is 9.12. The summed E-state index contributed by atoms with van der Waals surface area (Å²) in [5.41, 5.74) is -1.64. The lowest BCUT2D eigenvalue weighted by atomic mass is 9.91. The first kappa shape index (κ1) is 31.3. The maximum Gasteiger partial charge on any atom is 0.333 e. The number of Topliss-reactive ketones (excluding diaryl/α,β-unsaturated/α-hetero) is 1. The van der Waals surface area contributed by atoms with Crippen molar-refractivity contribution < 1.29 is 23.4 Å². The number of hydrogen-bond acceptors (Lipinski definition) is 8. The number of fused-ring (bicyclic) bond motifs is 1. The molecule has 0 spiro atoms. The number of aromatic nitrogens is 4. The molecule has 0 N–H and O–H groups in total. The van der Waals surface area contributed by atoms with Crippen LogP contribution in [0, 0.1) is 18.7 Å². The van der Waals surface area contributed by atoms with Gasteiger partial charge in [-0.2, -0.15) is 5.10 Å². The Balaban J connectivity index is 2.02. The fourth-order valence-electron chi connectivity index (χ4n) is 4.98. The molecule has 4 aromatic rings. The van der Waals surface area contributed by atoms with Crippen LogP contribution < -0.4 is 16.0 Å². The van der Waals surface area contributed by atoms with Crippen molar-refractivity contribution in [1.82, 2.24) is 18.9 Å². The Bertz CT molecular complexity index is 1690. The minimum Gasteiger partial charge on any atom is -0.496 e. The van der Waals surface area contributed by atoms with E-state index in [1.54, 1.807) is 43.9 Å². The van der Waals surface area contributed by atoms with E-state index in [-0.39, 0.29) is 37.9 Å². The van der Waals surface area contributed by atoms with E-state index in [9.17, 15) is 18.8 Å². The zero-order valence-corrected chi connectivity index (χ0v) is 25.8. The smallest absolute Gasteiger partial charge is 0.333 e. The van der Waals surface area contributed by atoms with Gasteiger partial charge in [-0.3, -0.25) is 14.2 Å². The zero-order chi connectivity index (χ0) is 30.8. The number of carbonyl (C=O) groups is 1. The summed E-state index contributed by atoms with van der Waals surface area (Å²) in [7, 11) is 3.00. The number of benzene rings is 1. The molecule has 1 atom stereocenters. The average Bonchev–Trinajstić information content (AvgIpc) is 3.58. The van der Waals surface area contributed by atoms with Crippen molar-refractivity contribution in [1.29, 1.82) is 0 Å². The van der Waals surface area contributed by atoms with Crippen LogP contribution in [0.4, 0.5) is 4.39 Å². The maximum atomic E-state index is 14.5. The van der Waals surface area contributed by atoms with Gasteiger partial charge in [-0.05, 0) is 51.0 Å². The van der Waals surface area contributed by atoms with E-state index in [0.29, 0.717) is 32.1 Å². The van der Waals surface area contributed by atoms with E-state index < -0.39 is 28.7 Å². The molecule has 4 rings (SSSR count). The largest absolute Gasteiger partial charge is 0.496 e. The monoisotopic (exact) mass is 600 g/mol. The molecule has 12 heteroatoms. The van der Waals surface area contributed by atoms with Crippen LogP contribution in [0.3, 0.4) is 0 Å².